The van der Waals surface area contributed by atoms with E-state index in [0.717, 1.165) is 49.0 Å². The van der Waals surface area contributed by atoms with Crippen LogP contribution in [0.4, 0.5) is 0 Å². The Kier molecular flexibility index (Phi) is 12.6. The zero-order valence-corrected chi connectivity index (χ0v) is 17.0. The molecule has 2 N–H and O–H groups in total. The Labute approximate surface area is 157 Å². The second-order valence-corrected chi connectivity index (χ2v) is 4.96. The molecule has 0 aromatic heterocycles. The van der Waals surface area contributed by atoms with Crippen LogP contribution >= 0.6 is 24.0 Å². The molecule has 0 saturated carbocycles. The second-order valence-electron chi connectivity index (χ2n) is 4.96. The fourth-order valence-corrected chi connectivity index (χ4v) is 1.90. The molecule has 1 aromatic carbocycles. The van der Waals surface area contributed by atoms with Gasteiger partial charge in [-0.2, -0.15) is 0 Å². The molecule has 0 aliphatic carbocycles. The van der Waals surface area contributed by atoms with Crippen LogP contribution in [0.1, 0.15) is 39.2 Å². The quantitative estimate of drug-likeness (QED) is 0.354. The van der Waals surface area contributed by atoms with Crippen LogP contribution in [-0.4, -0.2) is 32.8 Å². The van der Waals surface area contributed by atoms with Crippen molar-refractivity contribution in [1.82, 2.24) is 10.6 Å². The number of benzene rings is 1. The maximum absolute atomic E-state index is 5.66. The van der Waals surface area contributed by atoms with Crippen LogP contribution in [-0.2, 0) is 6.54 Å². The van der Waals surface area contributed by atoms with Crippen LogP contribution in [0.2, 0.25) is 0 Å². The van der Waals surface area contributed by atoms with Gasteiger partial charge in [-0.1, -0.05) is 19.9 Å². The molecule has 0 amide bonds. The largest absolute Gasteiger partial charge is 0.493 e. The Morgan fingerprint density at radius 1 is 1.09 bits per heavy atom. The van der Waals surface area contributed by atoms with E-state index in [1.165, 1.54) is 0 Å². The van der Waals surface area contributed by atoms with Crippen LogP contribution in [0.5, 0.6) is 11.5 Å². The molecule has 0 aliphatic rings. The molecule has 0 radical (unpaired) electrons. The van der Waals surface area contributed by atoms with Gasteiger partial charge < -0.3 is 20.1 Å². The molecule has 0 heterocycles. The molecule has 0 saturated heterocycles. The maximum atomic E-state index is 5.66. The lowest BCUT2D eigenvalue weighted by Gasteiger charge is -2.12. The lowest BCUT2D eigenvalue weighted by atomic mass is 10.2. The van der Waals surface area contributed by atoms with Gasteiger partial charge in [0.25, 0.3) is 0 Å². The minimum Gasteiger partial charge on any atom is -0.493 e. The summed E-state index contributed by atoms with van der Waals surface area (Å²) >= 11 is 0. The number of nitrogens with one attached hydrogen (secondary N) is 2. The summed E-state index contributed by atoms with van der Waals surface area (Å²) in [7, 11) is 1.66. The molecule has 0 atom stereocenters. The van der Waals surface area contributed by atoms with Crippen molar-refractivity contribution in [2.45, 2.75) is 40.2 Å². The van der Waals surface area contributed by atoms with E-state index < -0.39 is 0 Å². The smallest absolute Gasteiger partial charge is 0.191 e. The zero-order chi connectivity index (χ0) is 16.2. The van der Waals surface area contributed by atoms with Crippen LogP contribution in [0.15, 0.2) is 23.2 Å². The number of ether oxygens (including phenoxy) is 2. The number of nitrogens with zero attached hydrogens (tertiary/aromatic N) is 1. The highest BCUT2D eigenvalue weighted by Crippen LogP contribution is 2.28. The standard InChI is InChI=1S/C17H29N3O2.HI/c1-5-10-19-17(18-7-3)20-13-14-8-9-15(22-11-6-2)16(12-14)21-4;/h8-9,12H,5-7,10-11,13H2,1-4H3,(H2,18,19,20);1H. The van der Waals surface area contributed by atoms with Gasteiger partial charge in [-0.25, -0.2) is 4.99 Å². The summed E-state index contributed by atoms with van der Waals surface area (Å²) in [6.45, 7) is 9.34. The van der Waals surface area contributed by atoms with Gasteiger partial charge in [0.05, 0.1) is 20.3 Å². The van der Waals surface area contributed by atoms with E-state index in [-0.39, 0.29) is 24.0 Å². The highest BCUT2D eigenvalue weighted by molar-refractivity contribution is 14.0. The Balaban J connectivity index is 0.00000484. The van der Waals surface area contributed by atoms with Gasteiger partial charge >= 0.3 is 0 Å². The molecule has 132 valence electrons. The first kappa shape index (κ1) is 21.8. The van der Waals surface area contributed by atoms with E-state index in [4.69, 9.17) is 9.47 Å². The second kappa shape index (κ2) is 13.3. The number of methoxy groups -OCH3 is 1. The molecule has 0 unspecified atom stereocenters. The van der Waals surface area contributed by atoms with E-state index in [1.807, 2.05) is 18.2 Å². The summed E-state index contributed by atoms with van der Waals surface area (Å²) in [5.41, 5.74) is 1.09. The van der Waals surface area contributed by atoms with E-state index in [0.29, 0.717) is 13.2 Å². The minimum absolute atomic E-state index is 0. The summed E-state index contributed by atoms with van der Waals surface area (Å²) in [4.78, 5) is 4.59. The average Bonchev–Trinajstić information content (AvgIpc) is 2.55. The van der Waals surface area contributed by atoms with Gasteiger partial charge in [-0.05, 0) is 37.5 Å². The van der Waals surface area contributed by atoms with Crippen molar-refractivity contribution in [2.75, 3.05) is 26.8 Å². The molecule has 0 bridgehead atoms. The lowest BCUT2D eigenvalue weighted by molar-refractivity contribution is 0.294. The number of hydrogen-bond donors (Lipinski definition) is 2. The van der Waals surface area contributed by atoms with Crippen LogP contribution < -0.4 is 20.1 Å². The van der Waals surface area contributed by atoms with Crippen molar-refractivity contribution in [3.8, 4) is 11.5 Å². The van der Waals surface area contributed by atoms with Crippen molar-refractivity contribution in [3.05, 3.63) is 23.8 Å². The molecule has 0 spiro atoms. The van der Waals surface area contributed by atoms with Gasteiger partial charge in [0.15, 0.2) is 17.5 Å². The molecule has 1 aromatic rings. The SMILES string of the molecule is CCCNC(=NCc1ccc(OCCC)c(OC)c1)NCC.I. The van der Waals surface area contributed by atoms with Gasteiger partial charge in [0.2, 0.25) is 0 Å². The third kappa shape index (κ3) is 8.29. The monoisotopic (exact) mass is 435 g/mol. The molecule has 0 fully saturated rings. The fraction of sp³-hybridized carbons (Fsp3) is 0.588. The highest BCUT2D eigenvalue weighted by atomic mass is 127. The van der Waals surface area contributed by atoms with E-state index >= 15 is 0 Å². The van der Waals surface area contributed by atoms with E-state index in [2.05, 4.69) is 36.4 Å². The van der Waals surface area contributed by atoms with Gasteiger partial charge in [-0.15, -0.1) is 24.0 Å². The van der Waals surface area contributed by atoms with Crippen molar-refractivity contribution >= 4 is 29.9 Å². The van der Waals surface area contributed by atoms with E-state index in [9.17, 15) is 0 Å². The predicted octanol–water partition coefficient (Wildman–Crippen LogP) is 3.57. The van der Waals surface area contributed by atoms with Crippen molar-refractivity contribution < 1.29 is 9.47 Å². The number of guanidine groups is 1. The molecule has 1 rings (SSSR count). The molecule has 23 heavy (non-hydrogen) atoms. The van der Waals surface area contributed by atoms with Crippen LogP contribution in [0, 0.1) is 0 Å². The van der Waals surface area contributed by atoms with Gasteiger partial charge in [-0.3, -0.25) is 0 Å². The first-order valence-electron chi connectivity index (χ1n) is 8.07. The third-order valence-corrected chi connectivity index (χ3v) is 3.00. The Bertz CT molecular complexity index is 467. The van der Waals surface area contributed by atoms with Gasteiger partial charge in [0.1, 0.15) is 0 Å². The topological polar surface area (TPSA) is 54.9 Å². The highest BCUT2D eigenvalue weighted by Gasteiger charge is 2.05. The van der Waals surface area contributed by atoms with Crippen molar-refractivity contribution in [1.29, 1.82) is 0 Å². The zero-order valence-electron chi connectivity index (χ0n) is 14.6. The first-order valence-corrected chi connectivity index (χ1v) is 8.07. The van der Waals surface area contributed by atoms with Crippen LogP contribution in [0.3, 0.4) is 0 Å². The molecule has 5 nitrogen and oxygen atoms in total. The summed E-state index contributed by atoms with van der Waals surface area (Å²) < 4.78 is 11.1. The Hall–Kier alpha value is -1.18. The number of rotatable bonds is 9. The fourth-order valence-electron chi connectivity index (χ4n) is 1.90. The predicted molar refractivity (Wildman–Crippen MR) is 107 cm³/mol. The lowest BCUT2D eigenvalue weighted by Crippen LogP contribution is -2.37. The van der Waals surface area contributed by atoms with E-state index in [1.54, 1.807) is 7.11 Å². The number of aliphatic imine (C=N–C) groups is 1. The van der Waals surface area contributed by atoms with Crippen molar-refractivity contribution in [3.63, 3.8) is 0 Å². The summed E-state index contributed by atoms with van der Waals surface area (Å²) in [5.74, 6) is 2.38. The normalized spacial score (nSPS) is 10.7. The minimum atomic E-state index is 0. The average molecular weight is 435 g/mol. The van der Waals surface area contributed by atoms with Gasteiger partial charge in [0, 0.05) is 13.1 Å². The molecule has 0 aliphatic heterocycles. The molecule has 6 heteroatoms. The first-order chi connectivity index (χ1) is 10.7. The summed E-state index contributed by atoms with van der Waals surface area (Å²) in [6, 6.07) is 5.96. The molecular weight excluding hydrogens is 405 g/mol. The Morgan fingerprint density at radius 2 is 1.87 bits per heavy atom. The maximum Gasteiger partial charge on any atom is 0.191 e. The summed E-state index contributed by atoms with van der Waals surface area (Å²) in [5, 5.41) is 6.53. The summed E-state index contributed by atoms with van der Waals surface area (Å²) in [6.07, 6.45) is 2.05. The third-order valence-electron chi connectivity index (χ3n) is 3.00. The number of hydrogen-bond acceptors (Lipinski definition) is 3. The number of halogens is 1. The van der Waals surface area contributed by atoms with Crippen molar-refractivity contribution in [2.24, 2.45) is 4.99 Å². The molecular formula is C17H30IN3O2. The van der Waals surface area contributed by atoms with Crippen LogP contribution in [0.25, 0.3) is 0 Å². The Morgan fingerprint density at radius 3 is 2.48 bits per heavy atom.